The van der Waals surface area contributed by atoms with Crippen LogP contribution in [0, 0.1) is 0 Å². The van der Waals surface area contributed by atoms with Crippen LogP contribution in [0.4, 0.5) is 0 Å². The van der Waals surface area contributed by atoms with Gasteiger partial charge in [0.05, 0.1) is 11.5 Å². The summed E-state index contributed by atoms with van der Waals surface area (Å²) in [6, 6.07) is 0.199. The highest BCUT2D eigenvalue weighted by Gasteiger charge is 2.23. The Labute approximate surface area is 111 Å². The van der Waals surface area contributed by atoms with Gasteiger partial charge in [0.2, 0.25) is 0 Å². The molecule has 2 aliphatic heterocycles. The van der Waals surface area contributed by atoms with Crippen LogP contribution in [0.3, 0.4) is 0 Å². The van der Waals surface area contributed by atoms with Crippen molar-refractivity contribution in [2.24, 2.45) is 0 Å². The number of rotatable bonds is 5. The second-order valence-electron chi connectivity index (χ2n) is 5.66. The fraction of sp³-hybridized carbons (Fsp3) is 1.00. The average molecular weight is 274 g/mol. The van der Waals surface area contributed by atoms with E-state index in [1.807, 2.05) is 0 Å². The van der Waals surface area contributed by atoms with Crippen LogP contribution in [0.1, 0.15) is 38.5 Å². The molecule has 0 spiro atoms. The highest BCUT2D eigenvalue weighted by Crippen LogP contribution is 2.12. The smallest absolute Gasteiger partial charge is 0.151 e. The lowest BCUT2D eigenvalue weighted by Crippen LogP contribution is -2.41. The molecular formula is C13H26N2O2S. The van der Waals surface area contributed by atoms with E-state index in [1.165, 1.54) is 32.4 Å². The van der Waals surface area contributed by atoms with Crippen LogP contribution in [0.25, 0.3) is 0 Å². The Morgan fingerprint density at radius 3 is 2.61 bits per heavy atom. The van der Waals surface area contributed by atoms with Gasteiger partial charge in [-0.25, -0.2) is 8.42 Å². The van der Waals surface area contributed by atoms with Crippen molar-refractivity contribution >= 4 is 9.84 Å². The molecule has 0 aromatic carbocycles. The van der Waals surface area contributed by atoms with E-state index in [1.54, 1.807) is 0 Å². The van der Waals surface area contributed by atoms with Crippen LogP contribution < -0.4 is 5.32 Å². The number of nitrogens with one attached hydrogen (secondary N) is 1. The quantitative estimate of drug-likeness (QED) is 0.761. The molecule has 0 bridgehead atoms. The van der Waals surface area contributed by atoms with Crippen molar-refractivity contribution in [2.45, 2.75) is 44.6 Å². The van der Waals surface area contributed by atoms with Crippen molar-refractivity contribution in [3.05, 3.63) is 0 Å². The molecular weight excluding hydrogens is 248 g/mol. The summed E-state index contributed by atoms with van der Waals surface area (Å²) in [6.45, 7) is 4.61. The highest BCUT2D eigenvalue weighted by atomic mass is 32.2. The van der Waals surface area contributed by atoms with Crippen molar-refractivity contribution in [3.8, 4) is 0 Å². The minimum atomic E-state index is -2.76. The Morgan fingerprint density at radius 1 is 1.11 bits per heavy atom. The van der Waals surface area contributed by atoms with Gasteiger partial charge in [-0.05, 0) is 58.3 Å². The molecule has 0 aromatic rings. The fourth-order valence-electron chi connectivity index (χ4n) is 2.98. The third kappa shape index (κ3) is 4.86. The lowest BCUT2D eigenvalue weighted by molar-refractivity contribution is 0.225. The van der Waals surface area contributed by atoms with E-state index < -0.39 is 9.84 Å². The Hall–Kier alpha value is -0.130. The summed E-state index contributed by atoms with van der Waals surface area (Å²) in [6.07, 6.45) is 7.04. The number of likely N-dealkylation sites (tertiary alicyclic amines) is 1. The van der Waals surface area contributed by atoms with Gasteiger partial charge in [-0.3, -0.25) is 0 Å². The molecule has 2 heterocycles. The van der Waals surface area contributed by atoms with E-state index in [2.05, 4.69) is 10.2 Å². The zero-order valence-corrected chi connectivity index (χ0v) is 12.1. The van der Waals surface area contributed by atoms with Gasteiger partial charge in [0.1, 0.15) is 0 Å². The molecule has 18 heavy (non-hydrogen) atoms. The lowest BCUT2D eigenvalue weighted by atomic mass is 10.1. The summed E-state index contributed by atoms with van der Waals surface area (Å²) in [5.41, 5.74) is 0. The maximum absolute atomic E-state index is 11.5. The summed E-state index contributed by atoms with van der Waals surface area (Å²) >= 11 is 0. The topological polar surface area (TPSA) is 49.4 Å². The van der Waals surface area contributed by atoms with Crippen LogP contribution >= 0.6 is 0 Å². The molecule has 1 atom stereocenters. The van der Waals surface area contributed by atoms with Gasteiger partial charge in [-0.1, -0.05) is 6.42 Å². The molecule has 0 amide bonds. The van der Waals surface area contributed by atoms with E-state index >= 15 is 0 Å². The normalized spacial score (nSPS) is 29.2. The molecule has 0 saturated carbocycles. The average Bonchev–Trinajstić information content (AvgIpc) is 2.35. The van der Waals surface area contributed by atoms with Gasteiger partial charge in [-0.15, -0.1) is 0 Å². The van der Waals surface area contributed by atoms with Crippen LogP contribution in [0.5, 0.6) is 0 Å². The fourth-order valence-corrected chi connectivity index (χ4v) is 4.65. The predicted molar refractivity (Wildman–Crippen MR) is 74.6 cm³/mol. The second kappa shape index (κ2) is 6.87. The molecule has 2 saturated heterocycles. The van der Waals surface area contributed by atoms with E-state index in [9.17, 15) is 8.42 Å². The third-order valence-corrected chi connectivity index (χ3v) is 5.82. The van der Waals surface area contributed by atoms with Crippen molar-refractivity contribution in [3.63, 3.8) is 0 Å². The molecule has 0 aliphatic carbocycles. The Balaban J connectivity index is 1.57. The van der Waals surface area contributed by atoms with Gasteiger partial charge >= 0.3 is 0 Å². The Morgan fingerprint density at radius 2 is 1.89 bits per heavy atom. The van der Waals surface area contributed by atoms with Crippen LogP contribution in [0.15, 0.2) is 0 Å². The minimum absolute atomic E-state index is 0.199. The lowest BCUT2D eigenvalue weighted by Gasteiger charge is -2.27. The van der Waals surface area contributed by atoms with E-state index in [0.717, 1.165) is 32.4 Å². The van der Waals surface area contributed by atoms with Crippen molar-refractivity contribution in [2.75, 3.05) is 37.7 Å². The van der Waals surface area contributed by atoms with Crippen LogP contribution in [-0.2, 0) is 9.84 Å². The number of piperidine rings is 1. The predicted octanol–water partition coefficient (Wildman–Crippen LogP) is 1.03. The SMILES string of the molecule is O=S1(=O)CCCC(NCCCN2CCCCC2)C1. The van der Waals surface area contributed by atoms with Crippen LogP contribution in [0.2, 0.25) is 0 Å². The van der Waals surface area contributed by atoms with Gasteiger partial charge < -0.3 is 10.2 Å². The molecule has 106 valence electrons. The third-order valence-electron chi connectivity index (χ3n) is 4.00. The Bertz CT molecular complexity index is 337. The molecule has 0 radical (unpaired) electrons. The number of hydrogen-bond donors (Lipinski definition) is 1. The van der Waals surface area contributed by atoms with Crippen LogP contribution in [-0.4, -0.2) is 57.0 Å². The van der Waals surface area contributed by atoms with Crippen molar-refractivity contribution < 1.29 is 8.42 Å². The van der Waals surface area contributed by atoms with Gasteiger partial charge in [0, 0.05) is 6.04 Å². The van der Waals surface area contributed by atoms with E-state index in [0.29, 0.717) is 11.5 Å². The second-order valence-corrected chi connectivity index (χ2v) is 7.89. The minimum Gasteiger partial charge on any atom is -0.313 e. The van der Waals surface area contributed by atoms with Gasteiger partial charge in [0.15, 0.2) is 9.84 Å². The van der Waals surface area contributed by atoms with Gasteiger partial charge in [-0.2, -0.15) is 0 Å². The standard InChI is InChI=1S/C13H26N2O2S/c16-18(17)11-4-6-13(12-18)14-7-5-10-15-8-2-1-3-9-15/h13-14H,1-12H2. The number of sulfone groups is 1. The summed E-state index contributed by atoms with van der Waals surface area (Å²) < 4.78 is 23.0. The zero-order chi connectivity index (χ0) is 12.8. The number of nitrogens with zero attached hydrogens (tertiary/aromatic N) is 1. The maximum atomic E-state index is 11.5. The Kier molecular flexibility index (Phi) is 5.45. The van der Waals surface area contributed by atoms with E-state index in [-0.39, 0.29) is 6.04 Å². The molecule has 5 heteroatoms. The largest absolute Gasteiger partial charge is 0.313 e. The molecule has 2 fully saturated rings. The monoisotopic (exact) mass is 274 g/mol. The summed E-state index contributed by atoms with van der Waals surface area (Å²) in [5.74, 6) is 0.732. The number of hydrogen-bond acceptors (Lipinski definition) is 4. The first-order valence-corrected chi connectivity index (χ1v) is 9.14. The molecule has 1 unspecified atom stereocenters. The first-order valence-electron chi connectivity index (χ1n) is 7.32. The summed E-state index contributed by atoms with van der Waals surface area (Å²) in [5, 5.41) is 3.41. The molecule has 2 rings (SSSR count). The van der Waals surface area contributed by atoms with Crippen molar-refractivity contribution in [1.29, 1.82) is 0 Å². The highest BCUT2D eigenvalue weighted by molar-refractivity contribution is 7.91. The summed E-state index contributed by atoms with van der Waals surface area (Å²) in [7, 11) is -2.76. The molecule has 2 aliphatic rings. The molecule has 1 N–H and O–H groups in total. The first-order chi connectivity index (χ1) is 8.66. The molecule has 0 aromatic heterocycles. The zero-order valence-electron chi connectivity index (χ0n) is 11.2. The van der Waals surface area contributed by atoms with Gasteiger partial charge in [0.25, 0.3) is 0 Å². The maximum Gasteiger partial charge on any atom is 0.151 e. The van der Waals surface area contributed by atoms with Crippen molar-refractivity contribution in [1.82, 2.24) is 10.2 Å². The first kappa shape index (κ1) is 14.3. The molecule has 4 nitrogen and oxygen atoms in total. The summed E-state index contributed by atoms with van der Waals surface area (Å²) in [4.78, 5) is 2.53. The van der Waals surface area contributed by atoms with E-state index in [4.69, 9.17) is 0 Å².